The Labute approximate surface area is 177 Å². The first-order chi connectivity index (χ1) is 14.0. The lowest BCUT2D eigenvalue weighted by Gasteiger charge is -2.06. The number of hydrogen-bond donors (Lipinski definition) is 2. The Hall–Kier alpha value is -2.97. The Morgan fingerprint density at radius 1 is 1.21 bits per heavy atom. The Bertz CT molecular complexity index is 1020. The van der Waals surface area contributed by atoms with Crippen molar-refractivity contribution in [2.75, 3.05) is 11.9 Å². The number of rotatable bonds is 8. The van der Waals surface area contributed by atoms with E-state index in [-0.39, 0.29) is 11.8 Å². The lowest BCUT2D eigenvalue weighted by molar-refractivity contribution is -0.119. The summed E-state index contributed by atoms with van der Waals surface area (Å²) in [7, 11) is 0. The first-order valence-corrected chi connectivity index (χ1v) is 10.7. The standard InChI is InChI=1S/C21H21N3O3S2/c1-3-27-18-7-5-4-6-15(18)8-11-20(26)24-21-23-17(13-28-21)19-10-9-16(29-19)12-22-14(2)25/h4-11,13H,3,12H2,1-2H3,(H,22,25)(H,23,24,26)/b11-8+. The van der Waals surface area contributed by atoms with Crippen molar-refractivity contribution in [3.63, 3.8) is 0 Å². The first kappa shape index (κ1) is 20.8. The van der Waals surface area contributed by atoms with Crippen molar-refractivity contribution in [1.82, 2.24) is 10.3 Å². The second kappa shape index (κ2) is 9.99. The van der Waals surface area contributed by atoms with Crippen LogP contribution in [0.1, 0.15) is 24.3 Å². The van der Waals surface area contributed by atoms with E-state index in [4.69, 9.17) is 4.74 Å². The van der Waals surface area contributed by atoms with E-state index in [0.717, 1.165) is 26.8 Å². The molecule has 2 N–H and O–H groups in total. The number of para-hydroxylation sites is 1. The van der Waals surface area contributed by atoms with Crippen molar-refractivity contribution in [2.45, 2.75) is 20.4 Å². The molecule has 0 aliphatic rings. The molecule has 0 fully saturated rings. The highest BCUT2D eigenvalue weighted by molar-refractivity contribution is 7.17. The molecular weight excluding hydrogens is 406 g/mol. The van der Waals surface area contributed by atoms with Gasteiger partial charge in [-0.15, -0.1) is 22.7 Å². The summed E-state index contributed by atoms with van der Waals surface area (Å²) < 4.78 is 5.56. The first-order valence-electron chi connectivity index (χ1n) is 9.05. The molecule has 1 aromatic carbocycles. The highest BCUT2D eigenvalue weighted by Crippen LogP contribution is 2.30. The van der Waals surface area contributed by atoms with E-state index < -0.39 is 0 Å². The Morgan fingerprint density at radius 3 is 2.83 bits per heavy atom. The number of benzene rings is 1. The molecule has 0 aliphatic carbocycles. The molecule has 3 rings (SSSR count). The smallest absolute Gasteiger partial charge is 0.250 e. The van der Waals surface area contributed by atoms with Crippen molar-refractivity contribution in [3.05, 3.63) is 58.3 Å². The van der Waals surface area contributed by atoms with Gasteiger partial charge in [0.2, 0.25) is 11.8 Å². The molecule has 0 unspecified atom stereocenters. The van der Waals surface area contributed by atoms with Crippen LogP contribution in [0.15, 0.2) is 47.9 Å². The Morgan fingerprint density at radius 2 is 2.03 bits per heavy atom. The van der Waals surface area contributed by atoms with Crippen LogP contribution in [0.25, 0.3) is 16.6 Å². The van der Waals surface area contributed by atoms with Gasteiger partial charge in [-0.1, -0.05) is 18.2 Å². The van der Waals surface area contributed by atoms with Gasteiger partial charge in [-0.25, -0.2) is 4.98 Å². The molecule has 2 aromatic heterocycles. The third kappa shape index (κ3) is 6.00. The summed E-state index contributed by atoms with van der Waals surface area (Å²) in [6.45, 7) is 4.48. The maximum Gasteiger partial charge on any atom is 0.250 e. The second-order valence-electron chi connectivity index (χ2n) is 6.01. The predicted octanol–water partition coefficient (Wildman–Crippen LogP) is 4.56. The van der Waals surface area contributed by atoms with E-state index in [1.807, 2.05) is 48.7 Å². The number of carbonyl (C=O) groups excluding carboxylic acids is 2. The quantitative estimate of drug-likeness (QED) is 0.517. The fourth-order valence-corrected chi connectivity index (χ4v) is 4.18. The zero-order valence-electron chi connectivity index (χ0n) is 16.1. The highest BCUT2D eigenvalue weighted by Gasteiger charge is 2.09. The summed E-state index contributed by atoms with van der Waals surface area (Å²) >= 11 is 2.93. The summed E-state index contributed by atoms with van der Waals surface area (Å²) in [6.07, 6.45) is 3.19. The molecule has 3 aromatic rings. The molecule has 0 saturated carbocycles. The van der Waals surface area contributed by atoms with Crippen LogP contribution in [0, 0.1) is 0 Å². The third-order valence-electron chi connectivity index (χ3n) is 3.79. The van der Waals surface area contributed by atoms with E-state index in [1.54, 1.807) is 17.4 Å². The van der Waals surface area contributed by atoms with E-state index in [9.17, 15) is 9.59 Å². The van der Waals surface area contributed by atoms with Crippen LogP contribution < -0.4 is 15.4 Å². The largest absolute Gasteiger partial charge is 0.493 e. The maximum absolute atomic E-state index is 12.2. The normalized spacial score (nSPS) is 10.8. The van der Waals surface area contributed by atoms with Crippen LogP contribution in [0.3, 0.4) is 0 Å². The molecule has 150 valence electrons. The minimum absolute atomic E-state index is 0.0597. The number of aromatic nitrogens is 1. The van der Waals surface area contributed by atoms with Crippen LogP contribution in [0.5, 0.6) is 5.75 Å². The van der Waals surface area contributed by atoms with Gasteiger partial charge in [0.25, 0.3) is 0 Å². The fraction of sp³-hybridized carbons (Fsp3) is 0.190. The molecule has 0 spiro atoms. The number of carbonyl (C=O) groups is 2. The fourth-order valence-electron chi connectivity index (χ4n) is 2.48. The summed E-state index contributed by atoms with van der Waals surface area (Å²) in [5, 5.41) is 8.00. The highest BCUT2D eigenvalue weighted by atomic mass is 32.1. The van der Waals surface area contributed by atoms with Gasteiger partial charge in [-0.2, -0.15) is 0 Å². The Kier molecular flexibility index (Phi) is 7.15. The molecule has 2 amide bonds. The van der Waals surface area contributed by atoms with E-state index in [2.05, 4.69) is 15.6 Å². The summed E-state index contributed by atoms with van der Waals surface area (Å²) in [4.78, 5) is 29.8. The van der Waals surface area contributed by atoms with Gasteiger partial charge in [0.1, 0.15) is 5.75 Å². The van der Waals surface area contributed by atoms with Crippen LogP contribution in [0.4, 0.5) is 5.13 Å². The number of ether oxygens (including phenoxy) is 1. The maximum atomic E-state index is 12.2. The molecule has 0 radical (unpaired) electrons. The molecule has 2 heterocycles. The second-order valence-corrected chi connectivity index (χ2v) is 8.03. The zero-order chi connectivity index (χ0) is 20.6. The van der Waals surface area contributed by atoms with Gasteiger partial charge in [0.05, 0.1) is 23.7 Å². The van der Waals surface area contributed by atoms with Crippen molar-refractivity contribution in [2.24, 2.45) is 0 Å². The van der Waals surface area contributed by atoms with Crippen molar-refractivity contribution in [1.29, 1.82) is 0 Å². The number of hydrogen-bond acceptors (Lipinski definition) is 6. The van der Waals surface area contributed by atoms with Crippen molar-refractivity contribution >= 4 is 45.7 Å². The summed E-state index contributed by atoms with van der Waals surface area (Å²) in [5.74, 6) is 0.425. The molecule has 8 heteroatoms. The number of nitrogens with zero attached hydrogens (tertiary/aromatic N) is 1. The van der Waals surface area contributed by atoms with Crippen molar-refractivity contribution in [3.8, 4) is 16.3 Å². The topological polar surface area (TPSA) is 80.3 Å². The molecule has 29 heavy (non-hydrogen) atoms. The van der Waals surface area contributed by atoms with Gasteiger partial charge in [-0.3, -0.25) is 14.9 Å². The molecule has 6 nitrogen and oxygen atoms in total. The number of anilines is 1. The van der Waals surface area contributed by atoms with E-state index in [1.165, 1.54) is 24.3 Å². The molecule has 0 aliphatic heterocycles. The van der Waals surface area contributed by atoms with Gasteiger partial charge in [0, 0.05) is 28.8 Å². The minimum Gasteiger partial charge on any atom is -0.493 e. The van der Waals surface area contributed by atoms with Crippen LogP contribution in [-0.4, -0.2) is 23.4 Å². The third-order valence-corrected chi connectivity index (χ3v) is 5.66. The lowest BCUT2D eigenvalue weighted by Crippen LogP contribution is -2.17. The number of thiazole rings is 1. The Balaban J connectivity index is 1.61. The lowest BCUT2D eigenvalue weighted by atomic mass is 10.2. The van der Waals surface area contributed by atoms with Crippen LogP contribution >= 0.6 is 22.7 Å². The van der Waals surface area contributed by atoms with Crippen molar-refractivity contribution < 1.29 is 14.3 Å². The molecular formula is C21H21N3O3S2. The molecule has 0 bridgehead atoms. The summed E-state index contributed by atoms with van der Waals surface area (Å²) in [5.41, 5.74) is 1.64. The summed E-state index contributed by atoms with van der Waals surface area (Å²) in [6, 6.07) is 11.5. The monoisotopic (exact) mass is 427 g/mol. The predicted molar refractivity (Wildman–Crippen MR) is 118 cm³/mol. The minimum atomic E-state index is -0.255. The average molecular weight is 428 g/mol. The number of amides is 2. The van der Waals surface area contributed by atoms with E-state index >= 15 is 0 Å². The van der Waals surface area contributed by atoms with Gasteiger partial charge >= 0.3 is 0 Å². The average Bonchev–Trinajstić information content (AvgIpc) is 3.35. The molecule has 0 saturated heterocycles. The number of thiophene rings is 1. The van der Waals surface area contributed by atoms with Gasteiger partial charge < -0.3 is 10.1 Å². The van der Waals surface area contributed by atoms with Gasteiger partial charge in [0.15, 0.2) is 5.13 Å². The zero-order valence-corrected chi connectivity index (χ0v) is 17.7. The van der Waals surface area contributed by atoms with Crippen LogP contribution in [0.2, 0.25) is 0 Å². The number of nitrogens with one attached hydrogen (secondary N) is 2. The SMILES string of the molecule is CCOc1ccccc1/C=C/C(=O)Nc1nc(-c2ccc(CNC(C)=O)s2)cs1. The molecule has 0 atom stereocenters. The van der Waals surface area contributed by atoms with E-state index in [0.29, 0.717) is 18.3 Å². The van der Waals surface area contributed by atoms with Gasteiger partial charge in [-0.05, 0) is 31.2 Å². The van der Waals surface area contributed by atoms with Crippen LogP contribution in [-0.2, 0) is 16.1 Å².